The van der Waals surface area contributed by atoms with Crippen molar-refractivity contribution in [3.8, 4) is 10.9 Å². The topological polar surface area (TPSA) is 59.4 Å². The third kappa shape index (κ3) is 2.36. The largest absolute Gasteiger partial charge is 0.478 e. The van der Waals surface area contributed by atoms with Gasteiger partial charge in [0, 0.05) is 4.88 Å². The third-order valence-corrected chi connectivity index (χ3v) is 3.59. The minimum Gasteiger partial charge on any atom is -0.478 e. The Morgan fingerprint density at radius 2 is 2.06 bits per heavy atom. The van der Waals surface area contributed by atoms with E-state index in [1.165, 1.54) is 17.4 Å². The van der Waals surface area contributed by atoms with E-state index in [-0.39, 0.29) is 5.56 Å². The summed E-state index contributed by atoms with van der Waals surface area (Å²) < 4.78 is 5.63. The zero-order valence-corrected chi connectivity index (χ0v) is 11.2. The summed E-state index contributed by atoms with van der Waals surface area (Å²) in [6.45, 7) is 5.67. The van der Waals surface area contributed by atoms with E-state index >= 15 is 0 Å². The monoisotopic (exact) mass is 263 g/mol. The molecule has 0 aliphatic heterocycles. The zero-order valence-electron chi connectivity index (χ0n) is 10.4. The van der Waals surface area contributed by atoms with Crippen LogP contribution in [0.25, 0.3) is 0 Å². The number of hydrogen-bond donors (Lipinski definition) is 1. The number of hydrogen-bond acceptors (Lipinski definition) is 4. The minimum absolute atomic E-state index is 0.153. The van der Waals surface area contributed by atoms with Gasteiger partial charge in [-0.3, -0.25) is 0 Å². The maximum atomic E-state index is 11.1. The Morgan fingerprint density at radius 1 is 1.33 bits per heavy atom. The molecule has 0 fully saturated rings. The molecule has 0 radical (unpaired) electrons. The SMILES string of the molecule is Cc1cccc(C(=O)O)c1Oc1nc(C)c(C)s1. The first-order valence-electron chi connectivity index (χ1n) is 5.44. The summed E-state index contributed by atoms with van der Waals surface area (Å²) in [7, 11) is 0. The van der Waals surface area contributed by atoms with E-state index in [2.05, 4.69) is 4.98 Å². The van der Waals surface area contributed by atoms with Crippen molar-refractivity contribution in [3.63, 3.8) is 0 Å². The fraction of sp³-hybridized carbons (Fsp3) is 0.231. The lowest BCUT2D eigenvalue weighted by molar-refractivity contribution is 0.0694. The average Bonchev–Trinajstić information content (AvgIpc) is 2.60. The van der Waals surface area contributed by atoms with Gasteiger partial charge in [-0.1, -0.05) is 23.5 Å². The zero-order chi connectivity index (χ0) is 13.3. The van der Waals surface area contributed by atoms with Gasteiger partial charge in [-0.05, 0) is 32.4 Å². The van der Waals surface area contributed by atoms with Crippen LogP contribution in [0.1, 0.15) is 26.5 Å². The molecular formula is C13H13NO3S. The van der Waals surface area contributed by atoms with Gasteiger partial charge in [0.25, 0.3) is 5.19 Å². The molecule has 0 aliphatic carbocycles. The summed E-state index contributed by atoms with van der Waals surface area (Å²) in [4.78, 5) is 16.5. The van der Waals surface area contributed by atoms with Gasteiger partial charge >= 0.3 is 5.97 Å². The van der Waals surface area contributed by atoms with Crippen molar-refractivity contribution in [2.24, 2.45) is 0 Å². The number of rotatable bonds is 3. The van der Waals surface area contributed by atoms with Gasteiger partial charge in [-0.15, -0.1) is 0 Å². The van der Waals surface area contributed by atoms with Crippen LogP contribution < -0.4 is 4.74 Å². The lowest BCUT2D eigenvalue weighted by Crippen LogP contribution is -2.01. The molecule has 1 N–H and O–H groups in total. The highest BCUT2D eigenvalue weighted by Gasteiger charge is 2.16. The van der Waals surface area contributed by atoms with Crippen LogP contribution in [0.15, 0.2) is 18.2 Å². The maximum Gasteiger partial charge on any atom is 0.339 e. The quantitative estimate of drug-likeness (QED) is 0.919. The van der Waals surface area contributed by atoms with E-state index < -0.39 is 5.97 Å². The van der Waals surface area contributed by atoms with Crippen LogP contribution in [-0.2, 0) is 0 Å². The molecule has 1 heterocycles. The van der Waals surface area contributed by atoms with Crippen molar-refractivity contribution in [1.29, 1.82) is 0 Å². The number of carboxylic acid groups (broad SMARTS) is 1. The summed E-state index contributed by atoms with van der Waals surface area (Å²) in [5.74, 6) is -0.641. The lowest BCUT2D eigenvalue weighted by Gasteiger charge is -2.08. The van der Waals surface area contributed by atoms with Crippen molar-refractivity contribution in [1.82, 2.24) is 4.98 Å². The molecule has 2 aromatic rings. The second-order valence-corrected chi connectivity index (χ2v) is 5.15. The third-order valence-electron chi connectivity index (χ3n) is 2.64. The molecule has 94 valence electrons. The average molecular weight is 263 g/mol. The number of para-hydroxylation sites is 1. The van der Waals surface area contributed by atoms with Crippen LogP contribution in [0.2, 0.25) is 0 Å². The number of aromatic nitrogens is 1. The number of carbonyl (C=O) groups is 1. The van der Waals surface area contributed by atoms with E-state index in [1.807, 2.05) is 26.8 Å². The summed E-state index contributed by atoms with van der Waals surface area (Å²) in [6, 6.07) is 5.04. The Morgan fingerprint density at radius 3 is 2.61 bits per heavy atom. The first-order valence-corrected chi connectivity index (χ1v) is 6.25. The maximum absolute atomic E-state index is 11.1. The van der Waals surface area contributed by atoms with Gasteiger partial charge < -0.3 is 9.84 Å². The Bertz CT molecular complexity index is 585. The molecule has 0 saturated heterocycles. The van der Waals surface area contributed by atoms with Crippen LogP contribution >= 0.6 is 11.3 Å². The van der Waals surface area contributed by atoms with Crippen LogP contribution in [0.3, 0.4) is 0 Å². The van der Waals surface area contributed by atoms with E-state index in [4.69, 9.17) is 9.84 Å². The van der Waals surface area contributed by atoms with E-state index in [0.717, 1.165) is 16.1 Å². The van der Waals surface area contributed by atoms with Crippen molar-refractivity contribution in [3.05, 3.63) is 39.9 Å². The number of aryl methyl sites for hydroxylation is 3. The first kappa shape index (κ1) is 12.6. The summed E-state index contributed by atoms with van der Waals surface area (Å²) in [5.41, 5.74) is 1.83. The van der Waals surface area contributed by atoms with Gasteiger partial charge in [-0.25, -0.2) is 9.78 Å². The molecule has 0 aliphatic rings. The molecule has 0 atom stereocenters. The van der Waals surface area contributed by atoms with Crippen LogP contribution in [0.5, 0.6) is 10.9 Å². The fourth-order valence-corrected chi connectivity index (χ4v) is 2.29. The standard InChI is InChI=1S/C13H13NO3S/c1-7-5-4-6-10(12(15)16)11(7)17-13-14-8(2)9(3)18-13/h4-6H,1-3H3,(H,15,16). The van der Waals surface area contributed by atoms with Crippen LogP contribution in [0.4, 0.5) is 0 Å². The second-order valence-electron chi connectivity index (χ2n) is 3.98. The van der Waals surface area contributed by atoms with Crippen LogP contribution in [0, 0.1) is 20.8 Å². The van der Waals surface area contributed by atoms with Crippen molar-refractivity contribution in [2.45, 2.75) is 20.8 Å². The van der Waals surface area contributed by atoms with E-state index in [1.54, 1.807) is 6.07 Å². The minimum atomic E-state index is -1.00. The molecule has 0 amide bonds. The summed E-state index contributed by atoms with van der Waals surface area (Å²) >= 11 is 1.41. The predicted octanol–water partition coefficient (Wildman–Crippen LogP) is 3.56. The highest BCUT2D eigenvalue weighted by atomic mass is 32.1. The Labute approximate surface area is 109 Å². The number of ether oxygens (including phenoxy) is 1. The van der Waals surface area contributed by atoms with Crippen molar-refractivity contribution < 1.29 is 14.6 Å². The molecule has 2 rings (SSSR count). The van der Waals surface area contributed by atoms with Gasteiger partial charge in [0.2, 0.25) is 0 Å². The second kappa shape index (κ2) is 4.78. The molecular weight excluding hydrogens is 250 g/mol. The Balaban J connectivity index is 2.42. The van der Waals surface area contributed by atoms with E-state index in [0.29, 0.717) is 10.9 Å². The molecule has 1 aromatic heterocycles. The normalized spacial score (nSPS) is 10.4. The van der Waals surface area contributed by atoms with Gasteiger partial charge in [0.15, 0.2) is 0 Å². The molecule has 0 saturated carbocycles. The molecule has 18 heavy (non-hydrogen) atoms. The summed E-state index contributed by atoms with van der Waals surface area (Å²) in [6.07, 6.45) is 0. The van der Waals surface area contributed by atoms with Gasteiger partial charge in [0.05, 0.1) is 5.69 Å². The molecule has 1 aromatic carbocycles. The Hall–Kier alpha value is -1.88. The summed E-state index contributed by atoms with van der Waals surface area (Å²) in [5, 5.41) is 9.60. The van der Waals surface area contributed by atoms with Crippen molar-refractivity contribution in [2.75, 3.05) is 0 Å². The Kier molecular flexibility index (Phi) is 3.34. The van der Waals surface area contributed by atoms with Crippen molar-refractivity contribution >= 4 is 17.3 Å². The number of benzene rings is 1. The molecule has 4 nitrogen and oxygen atoms in total. The number of thiazole rings is 1. The predicted molar refractivity (Wildman–Crippen MR) is 69.8 cm³/mol. The molecule has 0 spiro atoms. The van der Waals surface area contributed by atoms with Crippen LogP contribution in [-0.4, -0.2) is 16.1 Å². The van der Waals surface area contributed by atoms with E-state index in [9.17, 15) is 4.79 Å². The number of aromatic carboxylic acids is 1. The highest BCUT2D eigenvalue weighted by molar-refractivity contribution is 7.13. The molecule has 0 unspecified atom stereocenters. The lowest BCUT2D eigenvalue weighted by atomic mass is 10.1. The highest BCUT2D eigenvalue weighted by Crippen LogP contribution is 2.32. The molecule has 0 bridgehead atoms. The first-order chi connectivity index (χ1) is 8.49. The fourth-order valence-electron chi connectivity index (χ4n) is 1.53. The smallest absolute Gasteiger partial charge is 0.339 e. The van der Waals surface area contributed by atoms with Gasteiger partial charge in [0.1, 0.15) is 11.3 Å². The number of nitrogens with zero attached hydrogens (tertiary/aromatic N) is 1. The van der Waals surface area contributed by atoms with Gasteiger partial charge in [-0.2, -0.15) is 0 Å². The molecule has 5 heteroatoms. The number of carboxylic acids is 1.